The van der Waals surface area contributed by atoms with Crippen LogP contribution in [0.25, 0.3) is 0 Å². The van der Waals surface area contributed by atoms with E-state index < -0.39 is 20.6 Å². The predicted molar refractivity (Wildman–Crippen MR) is 93.3 cm³/mol. The van der Waals surface area contributed by atoms with Crippen LogP contribution in [-0.2, 0) is 10.1 Å². The lowest BCUT2D eigenvalue weighted by molar-refractivity contribution is 0.0160. The zero-order valence-electron chi connectivity index (χ0n) is 14.8. The Hall–Kier alpha value is -0.713. The molecule has 0 fully saturated rings. The maximum atomic E-state index is 15.2. The van der Waals surface area contributed by atoms with Crippen molar-refractivity contribution < 1.29 is 13.9 Å². The summed E-state index contributed by atoms with van der Waals surface area (Å²) in [5.74, 6) is 0. The molecule has 0 spiro atoms. The molecule has 0 heterocycles. The first-order valence-corrected chi connectivity index (χ1v) is 10.3. The van der Waals surface area contributed by atoms with Gasteiger partial charge < -0.3 is 9.53 Å². The zero-order chi connectivity index (χ0) is 17.0. The maximum absolute atomic E-state index is 15.2. The van der Waals surface area contributed by atoms with Crippen LogP contribution in [0, 0.1) is 0 Å². The smallest absolute Gasteiger partial charge is 0.200 e. The molecule has 0 aliphatic carbocycles. The molecule has 0 bridgehead atoms. The first-order chi connectivity index (χ1) is 10.2. The summed E-state index contributed by atoms with van der Waals surface area (Å²) in [6, 6.07) is 8.85. The fraction of sp³-hybridized carbons (Fsp3) is 0.667. The van der Waals surface area contributed by atoms with Crippen LogP contribution in [0.4, 0.5) is 4.39 Å². The summed E-state index contributed by atoms with van der Waals surface area (Å²) in [4.78, 5) is 0. The minimum atomic E-state index is -2.14. The average molecular weight is 327 g/mol. The number of aliphatic hydroxyl groups excluding tert-OH is 1. The lowest BCUT2D eigenvalue weighted by Crippen LogP contribution is -2.50. The third-order valence-electron chi connectivity index (χ3n) is 4.80. The number of halogens is 1. The molecule has 0 amide bonds. The molecule has 1 atom stereocenters. The minimum absolute atomic E-state index is 0.0751. The number of aliphatic hydroxyl groups is 1. The van der Waals surface area contributed by atoms with Gasteiger partial charge in [0, 0.05) is 0 Å². The summed E-state index contributed by atoms with van der Waals surface area (Å²) < 4.78 is 21.5. The van der Waals surface area contributed by atoms with Crippen molar-refractivity contribution in [3.63, 3.8) is 0 Å². The molecule has 0 saturated carbocycles. The summed E-state index contributed by atoms with van der Waals surface area (Å²) >= 11 is 0. The van der Waals surface area contributed by atoms with Gasteiger partial charge in [0.25, 0.3) is 0 Å². The van der Waals surface area contributed by atoms with Gasteiger partial charge in [-0.2, -0.15) is 0 Å². The van der Waals surface area contributed by atoms with Crippen LogP contribution in [0.3, 0.4) is 0 Å². The Labute approximate surface area is 135 Å². The van der Waals surface area contributed by atoms with Gasteiger partial charge in [0.2, 0.25) is 8.32 Å². The van der Waals surface area contributed by atoms with Gasteiger partial charge in [-0.15, -0.1) is 0 Å². The van der Waals surface area contributed by atoms with Crippen molar-refractivity contribution in [2.45, 2.75) is 63.8 Å². The van der Waals surface area contributed by atoms with Crippen molar-refractivity contribution in [1.29, 1.82) is 0 Å². The quantitative estimate of drug-likeness (QED) is 0.678. The van der Waals surface area contributed by atoms with Crippen LogP contribution in [0.15, 0.2) is 30.3 Å². The van der Waals surface area contributed by atoms with Crippen LogP contribution < -0.4 is 0 Å². The van der Waals surface area contributed by atoms with E-state index in [-0.39, 0.29) is 6.61 Å². The Morgan fingerprint density at radius 3 is 1.82 bits per heavy atom. The highest BCUT2D eigenvalue weighted by Crippen LogP contribution is 2.43. The van der Waals surface area contributed by atoms with Gasteiger partial charge in [-0.05, 0) is 22.2 Å². The average Bonchev–Trinajstić information content (AvgIpc) is 2.47. The van der Waals surface area contributed by atoms with Crippen molar-refractivity contribution in [2.24, 2.45) is 0 Å². The van der Waals surface area contributed by atoms with Crippen molar-refractivity contribution in [1.82, 2.24) is 0 Å². The van der Waals surface area contributed by atoms with E-state index in [9.17, 15) is 5.11 Å². The highest BCUT2D eigenvalue weighted by Gasteiger charge is 2.47. The van der Waals surface area contributed by atoms with Crippen LogP contribution in [0.1, 0.15) is 47.1 Å². The van der Waals surface area contributed by atoms with E-state index in [1.165, 1.54) is 0 Å². The second kappa shape index (κ2) is 7.71. The van der Waals surface area contributed by atoms with Gasteiger partial charge in [-0.1, -0.05) is 71.9 Å². The molecule has 0 aliphatic rings. The molecule has 22 heavy (non-hydrogen) atoms. The van der Waals surface area contributed by atoms with Gasteiger partial charge in [0.1, 0.15) is 0 Å². The van der Waals surface area contributed by atoms with E-state index in [1.807, 2.05) is 6.07 Å². The summed E-state index contributed by atoms with van der Waals surface area (Å²) in [5, 5.41) is 9.61. The number of benzene rings is 1. The Morgan fingerprint density at radius 1 is 1.00 bits per heavy atom. The predicted octanol–water partition coefficient (Wildman–Crippen LogP) is 5.04. The van der Waals surface area contributed by atoms with Gasteiger partial charge in [0.15, 0.2) is 5.67 Å². The van der Waals surface area contributed by atoms with Crippen LogP contribution in [-0.4, -0.2) is 26.6 Å². The van der Waals surface area contributed by atoms with Crippen molar-refractivity contribution in [3.8, 4) is 0 Å². The van der Waals surface area contributed by atoms with E-state index in [0.717, 1.165) is 0 Å². The van der Waals surface area contributed by atoms with Crippen molar-refractivity contribution >= 4 is 8.32 Å². The van der Waals surface area contributed by atoms with Crippen LogP contribution in [0.5, 0.6) is 0 Å². The molecule has 4 heteroatoms. The van der Waals surface area contributed by atoms with Crippen molar-refractivity contribution in [3.05, 3.63) is 35.9 Å². The van der Waals surface area contributed by atoms with Gasteiger partial charge >= 0.3 is 0 Å². The van der Waals surface area contributed by atoms with Crippen molar-refractivity contribution in [2.75, 3.05) is 13.2 Å². The first kappa shape index (κ1) is 19.3. The molecule has 1 aromatic rings. The molecule has 1 rings (SSSR count). The third-order valence-corrected chi connectivity index (χ3v) is 10.9. The minimum Gasteiger partial charge on any atom is -0.412 e. The first-order valence-electron chi connectivity index (χ1n) is 8.20. The van der Waals surface area contributed by atoms with E-state index in [0.29, 0.717) is 22.2 Å². The number of rotatable bonds is 8. The Bertz CT molecular complexity index is 426. The highest BCUT2D eigenvalue weighted by atomic mass is 28.4. The van der Waals surface area contributed by atoms with Gasteiger partial charge in [-0.3, -0.25) is 0 Å². The van der Waals surface area contributed by atoms with Gasteiger partial charge in [0.05, 0.1) is 13.2 Å². The SMILES string of the molecule is CC(C)[Si](OCC(F)(CO)c1ccccc1)(C(C)C)C(C)C. The maximum Gasteiger partial charge on any atom is 0.200 e. The summed E-state index contributed by atoms with van der Waals surface area (Å²) in [7, 11) is -2.14. The molecule has 0 saturated heterocycles. The number of alkyl halides is 1. The normalized spacial score (nSPS) is 15.6. The fourth-order valence-corrected chi connectivity index (χ4v) is 9.18. The number of hydrogen-bond donors (Lipinski definition) is 1. The molecule has 1 N–H and O–H groups in total. The van der Waals surface area contributed by atoms with E-state index >= 15 is 4.39 Å². The molecule has 0 aromatic heterocycles. The fourth-order valence-electron chi connectivity index (χ4n) is 3.70. The lowest BCUT2D eigenvalue weighted by Gasteiger charge is -2.43. The number of hydrogen-bond acceptors (Lipinski definition) is 2. The molecular formula is C18H31FO2Si. The molecule has 126 valence electrons. The Kier molecular flexibility index (Phi) is 6.78. The second-order valence-corrected chi connectivity index (χ2v) is 12.6. The van der Waals surface area contributed by atoms with E-state index in [4.69, 9.17) is 4.43 Å². The molecular weight excluding hydrogens is 295 g/mol. The standard InChI is InChI=1S/C18H31FO2Si/c1-14(2)22(15(3)4,16(5)6)21-13-18(19,12-20)17-10-8-7-9-11-17/h7-11,14-16,20H,12-13H2,1-6H3. The van der Waals surface area contributed by atoms with Crippen LogP contribution in [0.2, 0.25) is 16.6 Å². The van der Waals surface area contributed by atoms with E-state index in [1.54, 1.807) is 24.3 Å². The highest BCUT2D eigenvalue weighted by molar-refractivity contribution is 6.77. The summed E-state index contributed by atoms with van der Waals surface area (Å²) in [6.07, 6.45) is 0. The molecule has 1 unspecified atom stereocenters. The van der Waals surface area contributed by atoms with E-state index in [2.05, 4.69) is 41.5 Å². The molecule has 1 aromatic carbocycles. The van der Waals surface area contributed by atoms with Crippen LogP contribution >= 0.6 is 0 Å². The summed E-state index contributed by atoms with van der Waals surface area (Å²) in [5.41, 5.74) is -0.168. The van der Waals surface area contributed by atoms with Gasteiger partial charge in [-0.25, -0.2) is 4.39 Å². The molecule has 0 aliphatic heterocycles. The lowest BCUT2D eigenvalue weighted by atomic mass is 9.98. The largest absolute Gasteiger partial charge is 0.412 e. The molecule has 0 radical (unpaired) electrons. The second-order valence-electron chi connectivity index (χ2n) is 7.10. The summed E-state index contributed by atoms with van der Waals surface area (Å²) in [6.45, 7) is 12.4. The molecule has 2 nitrogen and oxygen atoms in total. The monoisotopic (exact) mass is 326 g/mol. The third kappa shape index (κ3) is 3.78. The zero-order valence-corrected chi connectivity index (χ0v) is 15.8. The topological polar surface area (TPSA) is 29.5 Å². The Balaban J connectivity index is 3.05. The Morgan fingerprint density at radius 2 is 1.45 bits per heavy atom.